The highest BCUT2D eigenvalue weighted by molar-refractivity contribution is 7.99. The molecule has 0 amide bonds. The van der Waals surface area contributed by atoms with Crippen LogP contribution in [-0.4, -0.2) is 10.5 Å². The van der Waals surface area contributed by atoms with Gasteiger partial charge in [0.25, 0.3) is 0 Å². The van der Waals surface area contributed by atoms with Gasteiger partial charge in [-0.2, -0.15) is 0 Å². The Hall–Kier alpha value is -1.03. The first-order valence-corrected chi connectivity index (χ1v) is 7.75. The summed E-state index contributed by atoms with van der Waals surface area (Å²) in [6.45, 7) is 7.22. The van der Waals surface area contributed by atoms with Crippen LogP contribution < -0.4 is 5.32 Å². The van der Waals surface area contributed by atoms with Crippen molar-refractivity contribution < 1.29 is 0 Å². The predicted molar refractivity (Wildman–Crippen MR) is 86.4 cm³/mol. The number of aromatic nitrogens is 1. The van der Waals surface area contributed by atoms with Crippen LogP contribution in [0.5, 0.6) is 0 Å². The molecule has 4 heteroatoms. The Bertz CT molecular complexity index is 564. The smallest absolute Gasteiger partial charge is 0.0462 e. The maximum Gasteiger partial charge on any atom is 0.0462 e. The van der Waals surface area contributed by atoms with Crippen LogP contribution in [0.25, 0.3) is 0 Å². The van der Waals surface area contributed by atoms with Gasteiger partial charge >= 0.3 is 0 Å². The van der Waals surface area contributed by atoms with Crippen LogP contribution in [0.2, 0.25) is 5.02 Å². The van der Waals surface area contributed by atoms with Crippen LogP contribution in [0, 0.1) is 0 Å². The highest BCUT2D eigenvalue weighted by Gasteiger charge is 2.13. The Morgan fingerprint density at radius 3 is 2.50 bits per heavy atom. The van der Waals surface area contributed by atoms with E-state index in [-0.39, 0.29) is 5.54 Å². The molecule has 1 N–H and O–H groups in total. The molecule has 1 heterocycles. The van der Waals surface area contributed by atoms with E-state index in [1.54, 1.807) is 24.2 Å². The van der Waals surface area contributed by atoms with Crippen molar-refractivity contribution in [2.75, 3.05) is 0 Å². The van der Waals surface area contributed by atoms with Gasteiger partial charge in [0.1, 0.15) is 0 Å². The molecular formula is C16H19ClN2S. The van der Waals surface area contributed by atoms with Crippen LogP contribution in [0.1, 0.15) is 26.3 Å². The van der Waals surface area contributed by atoms with Crippen molar-refractivity contribution in [3.63, 3.8) is 0 Å². The zero-order chi connectivity index (χ0) is 14.6. The van der Waals surface area contributed by atoms with Crippen molar-refractivity contribution in [2.45, 2.75) is 42.6 Å². The number of hydrogen-bond donors (Lipinski definition) is 1. The summed E-state index contributed by atoms with van der Waals surface area (Å²) in [4.78, 5) is 6.39. The van der Waals surface area contributed by atoms with Crippen molar-refractivity contribution in [1.29, 1.82) is 0 Å². The second kappa shape index (κ2) is 6.61. The first-order chi connectivity index (χ1) is 9.46. The Morgan fingerprint density at radius 1 is 1.15 bits per heavy atom. The topological polar surface area (TPSA) is 24.9 Å². The molecule has 0 atom stereocenters. The summed E-state index contributed by atoms with van der Waals surface area (Å²) in [5.74, 6) is 0. The molecule has 2 rings (SSSR count). The van der Waals surface area contributed by atoms with Gasteiger partial charge in [-0.1, -0.05) is 29.4 Å². The zero-order valence-electron chi connectivity index (χ0n) is 12.0. The first-order valence-electron chi connectivity index (χ1n) is 6.56. The van der Waals surface area contributed by atoms with E-state index in [1.807, 2.05) is 24.3 Å². The lowest BCUT2D eigenvalue weighted by Crippen LogP contribution is -2.35. The number of hydrogen-bond acceptors (Lipinski definition) is 3. The van der Waals surface area contributed by atoms with Gasteiger partial charge < -0.3 is 5.32 Å². The second-order valence-corrected chi connectivity index (χ2v) is 7.13. The monoisotopic (exact) mass is 306 g/mol. The SMILES string of the molecule is CC(C)(C)NCc1c(Cl)cccc1Sc1ccncc1. The lowest BCUT2D eigenvalue weighted by atomic mass is 10.1. The molecule has 0 bridgehead atoms. The summed E-state index contributed by atoms with van der Waals surface area (Å²) >= 11 is 8.07. The van der Waals surface area contributed by atoms with Crippen molar-refractivity contribution in [3.05, 3.63) is 53.3 Å². The highest BCUT2D eigenvalue weighted by Crippen LogP contribution is 2.33. The van der Waals surface area contributed by atoms with Crippen LogP contribution in [0.4, 0.5) is 0 Å². The van der Waals surface area contributed by atoms with Gasteiger partial charge in [-0.15, -0.1) is 0 Å². The third kappa shape index (κ3) is 4.51. The minimum Gasteiger partial charge on any atom is -0.308 e. The van der Waals surface area contributed by atoms with Gasteiger partial charge in [0, 0.05) is 39.3 Å². The fraction of sp³-hybridized carbons (Fsp3) is 0.312. The van der Waals surface area contributed by atoms with Gasteiger partial charge in [-0.25, -0.2) is 0 Å². The summed E-state index contributed by atoms with van der Waals surface area (Å²) in [7, 11) is 0. The maximum absolute atomic E-state index is 6.36. The molecule has 0 aliphatic rings. The summed E-state index contributed by atoms with van der Waals surface area (Å²) < 4.78 is 0. The molecule has 0 spiro atoms. The maximum atomic E-state index is 6.36. The van der Waals surface area contributed by atoms with Crippen molar-refractivity contribution in [2.24, 2.45) is 0 Å². The molecule has 0 saturated carbocycles. The number of pyridine rings is 1. The molecule has 106 valence electrons. The fourth-order valence-electron chi connectivity index (χ4n) is 1.69. The van der Waals surface area contributed by atoms with E-state index in [0.29, 0.717) is 0 Å². The van der Waals surface area contributed by atoms with E-state index in [1.165, 1.54) is 9.79 Å². The van der Waals surface area contributed by atoms with E-state index in [2.05, 4.69) is 37.1 Å². The average molecular weight is 307 g/mol. The molecule has 0 aliphatic carbocycles. The fourth-order valence-corrected chi connectivity index (χ4v) is 2.95. The number of halogens is 1. The van der Waals surface area contributed by atoms with Crippen LogP contribution in [-0.2, 0) is 6.54 Å². The van der Waals surface area contributed by atoms with Crippen LogP contribution >= 0.6 is 23.4 Å². The van der Waals surface area contributed by atoms with Crippen molar-refractivity contribution in [1.82, 2.24) is 10.3 Å². The minimum atomic E-state index is 0.0672. The molecule has 0 fully saturated rings. The van der Waals surface area contributed by atoms with E-state index in [0.717, 1.165) is 17.1 Å². The molecule has 1 aromatic carbocycles. The number of nitrogens with zero attached hydrogens (tertiary/aromatic N) is 1. The number of nitrogens with one attached hydrogen (secondary N) is 1. The third-order valence-corrected chi connectivity index (χ3v) is 4.21. The second-order valence-electron chi connectivity index (χ2n) is 5.61. The molecule has 0 radical (unpaired) electrons. The lowest BCUT2D eigenvalue weighted by molar-refractivity contribution is 0.422. The third-order valence-electron chi connectivity index (χ3n) is 2.75. The largest absolute Gasteiger partial charge is 0.308 e. The van der Waals surface area contributed by atoms with Gasteiger partial charge in [0.2, 0.25) is 0 Å². The summed E-state index contributed by atoms with van der Waals surface area (Å²) in [6.07, 6.45) is 3.61. The van der Waals surface area contributed by atoms with Gasteiger partial charge in [0.15, 0.2) is 0 Å². The molecule has 0 unspecified atom stereocenters. The van der Waals surface area contributed by atoms with E-state index >= 15 is 0 Å². The molecule has 2 aromatic rings. The Kier molecular flexibility index (Phi) is 5.08. The van der Waals surface area contributed by atoms with Crippen LogP contribution in [0.15, 0.2) is 52.5 Å². The van der Waals surface area contributed by atoms with Crippen LogP contribution in [0.3, 0.4) is 0 Å². The Labute approximate surface area is 130 Å². The van der Waals surface area contributed by atoms with Gasteiger partial charge in [-0.05, 0) is 50.6 Å². The standard InChI is InChI=1S/C16H19ClN2S/c1-16(2,3)19-11-13-14(17)5-4-6-15(13)20-12-7-9-18-10-8-12/h4-10,19H,11H2,1-3H3. The molecular weight excluding hydrogens is 288 g/mol. The lowest BCUT2D eigenvalue weighted by Gasteiger charge is -2.22. The van der Waals surface area contributed by atoms with Crippen molar-refractivity contribution >= 4 is 23.4 Å². The van der Waals surface area contributed by atoms with Gasteiger partial charge in [0.05, 0.1) is 0 Å². The first kappa shape index (κ1) is 15.4. The number of rotatable bonds is 4. The van der Waals surface area contributed by atoms with Gasteiger partial charge in [-0.3, -0.25) is 4.98 Å². The van der Waals surface area contributed by atoms with Crippen molar-refractivity contribution in [3.8, 4) is 0 Å². The molecule has 1 aromatic heterocycles. The zero-order valence-corrected chi connectivity index (χ0v) is 13.6. The molecule has 0 aliphatic heterocycles. The normalized spacial score (nSPS) is 11.6. The van der Waals surface area contributed by atoms with E-state index < -0.39 is 0 Å². The Balaban J connectivity index is 2.22. The highest BCUT2D eigenvalue weighted by atomic mass is 35.5. The summed E-state index contributed by atoms with van der Waals surface area (Å²) in [5, 5.41) is 4.30. The van der Waals surface area contributed by atoms with E-state index in [4.69, 9.17) is 11.6 Å². The van der Waals surface area contributed by atoms with E-state index in [9.17, 15) is 0 Å². The molecule has 0 saturated heterocycles. The Morgan fingerprint density at radius 2 is 1.85 bits per heavy atom. The quantitative estimate of drug-likeness (QED) is 0.880. The predicted octanol–water partition coefficient (Wildman–Crippen LogP) is 4.77. The summed E-state index contributed by atoms with van der Waals surface area (Å²) in [6, 6.07) is 10.1. The molecule has 20 heavy (non-hydrogen) atoms. The minimum absolute atomic E-state index is 0.0672. The molecule has 2 nitrogen and oxygen atoms in total. The number of benzene rings is 1. The average Bonchev–Trinajstić information content (AvgIpc) is 2.38. The summed E-state index contributed by atoms with van der Waals surface area (Å²) in [5.41, 5.74) is 1.21.